The number of nitrogens with zero attached hydrogens (tertiary/aromatic N) is 2. The molecule has 4 aromatic rings. The van der Waals surface area contributed by atoms with E-state index in [1.165, 1.54) is 30.2 Å². The Labute approximate surface area is 204 Å². The maximum atomic E-state index is 13.1. The minimum absolute atomic E-state index is 0.0810. The second kappa shape index (κ2) is 9.99. The van der Waals surface area contributed by atoms with Crippen LogP contribution in [0, 0.1) is 6.92 Å². The van der Waals surface area contributed by atoms with Crippen LogP contribution in [0.1, 0.15) is 12.5 Å². The molecule has 0 radical (unpaired) electrons. The molecule has 170 valence electrons. The van der Waals surface area contributed by atoms with Crippen LogP contribution in [0.15, 0.2) is 57.8 Å². The normalized spacial score (nSPS) is 11.0. The highest BCUT2D eigenvalue weighted by Gasteiger charge is 2.18. The fourth-order valence-electron chi connectivity index (χ4n) is 3.40. The van der Waals surface area contributed by atoms with Crippen molar-refractivity contribution < 1.29 is 9.53 Å². The molecular weight excluding hydrogens is 478 g/mol. The highest BCUT2D eigenvalue weighted by atomic mass is 35.5. The predicted molar refractivity (Wildman–Crippen MR) is 137 cm³/mol. The van der Waals surface area contributed by atoms with Crippen LogP contribution >= 0.6 is 34.7 Å². The molecule has 0 aliphatic carbocycles. The van der Waals surface area contributed by atoms with Crippen LogP contribution in [0.5, 0.6) is 5.75 Å². The Balaban J connectivity index is 1.62. The van der Waals surface area contributed by atoms with Crippen molar-refractivity contribution in [2.75, 3.05) is 18.2 Å². The van der Waals surface area contributed by atoms with Crippen LogP contribution in [-0.4, -0.2) is 28.3 Å². The Morgan fingerprint density at radius 3 is 2.70 bits per heavy atom. The van der Waals surface area contributed by atoms with E-state index in [2.05, 4.69) is 5.32 Å². The van der Waals surface area contributed by atoms with Crippen LogP contribution in [0.3, 0.4) is 0 Å². The molecule has 9 heteroatoms. The highest BCUT2D eigenvalue weighted by Crippen LogP contribution is 2.33. The van der Waals surface area contributed by atoms with Crippen molar-refractivity contribution in [1.29, 1.82) is 0 Å². The van der Waals surface area contributed by atoms with E-state index in [0.717, 1.165) is 16.7 Å². The number of nitrogens with one attached hydrogen (secondary N) is 1. The highest BCUT2D eigenvalue weighted by molar-refractivity contribution is 7.99. The van der Waals surface area contributed by atoms with E-state index >= 15 is 0 Å². The third-order valence-electron chi connectivity index (χ3n) is 5.09. The summed E-state index contributed by atoms with van der Waals surface area (Å²) < 4.78 is 7.50. The Kier molecular flexibility index (Phi) is 7.07. The lowest BCUT2D eigenvalue weighted by molar-refractivity contribution is -0.113. The average molecular weight is 500 g/mol. The quantitative estimate of drug-likeness (QED) is 0.255. The standard InChI is InChI=1S/C24H22ClN3O3S2/c1-4-28-23(30)22-21(17(12-32-22)15-7-5-14(2)6-8-15)27-24(28)33-13-20(29)26-18-11-16(25)9-10-19(18)31-3/h5-12H,4,13H2,1-3H3,(H,26,29). The topological polar surface area (TPSA) is 73.2 Å². The third kappa shape index (κ3) is 4.93. The monoisotopic (exact) mass is 499 g/mol. The zero-order valence-corrected chi connectivity index (χ0v) is 20.7. The van der Waals surface area contributed by atoms with E-state index < -0.39 is 0 Å². The van der Waals surface area contributed by atoms with E-state index in [4.69, 9.17) is 21.3 Å². The van der Waals surface area contributed by atoms with E-state index in [-0.39, 0.29) is 17.2 Å². The first-order valence-corrected chi connectivity index (χ1v) is 12.5. The molecule has 0 saturated heterocycles. The minimum Gasteiger partial charge on any atom is -0.495 e. The summed E-state index contributed by atoms with van der Waals surface area (Å²) in [6, 6.07) is 13.2. The van der Waals surface area contributed by atoms with Crippen molar-refractivity contribution in [2.24, 2.45) is 0 Å². The molecule has 6 nitrogen and oxygen atoms in total. The number of hydrogen-bond acceptors (Lipinski definition) is 6. The van der Waals surface area contributed by atoms with Crippen LogP contribution in [0.4, 0.5) is 5.69 Å². The number of rotatable bonds is 7. The molecule has 0 spiro atoms. The van der Waals surface area contributed by atoms with Gasteiger partial charge in [-0.2, -0.15) is 0 Å². The van der Waals surface area contributed by atoms with Gasteiger partial charge < -0.3 is 10.1 Å². The number of methoxy groups -OCH3 is 1. The maximum Gasteiger partial charge on any atom is 0.272 e. The average Bonchev–Trinajstić information content (AvgIpc) is 3.23. The first-order chi connectivity index (χ1) is 15.9. The number of ether oxygens (including phenoxy) is 1. The number of fused-ring (bicyclic) bond motifs is 1. The van der Waals surface area contributed by atoms with Crippen molar-refractivity contribution in [2.45, 2.75) is 25.5 Å². The Morgan fingerprint density at radius 1 is 1.24 bits per heavy atom. The van der Waals surface area contributed by atoms with Gasteiger partial charge in [0.15, 0.2) is 5.16 Å². The van der Waals surface area contributed by atoms with Crippen molar-refractivity contribution in [3.63, 3.8) is 0 Å². The summed E-state index contributed by atoms with van der Waals surface area (Å²) in [6.45, 7) is 4.39. The molecule has 0 aliphatic rings. The molecule has 0 fully saturated rings. The Morgan fingerprint density at radius 2 is 2.00 bits per heavy atom. The number of halogens is 1. The molecule has 1 N–H and O–H groups in total. The number of benzene rings is 2. The van der Waals surface area contributed by atoms with Gasteiger partial charge in [-0.25, -0.2) is 4.98 Å². The molecule has 0 unspecified atom stereocenters. The second-order valence-electron chi connectivity index (χ2n) is 7.32. The molecule has 1 amide bonds. The number of anilines is 1. The molecular formula is C24H22ClN3O3S2. The maximum absolute atomic E-state index is 13.1. The predicted octanol–water partition coefficient (Wildman–Crippen LogP) is 5.85. The lowest BCUT2D eigenvalue weighted by atomic mass is 10.1. The van der Waals surface area contributed by atoms with Gasteiger partial charge in [0.2, 0.25) is 5.91 Å². The van der Waals surface area contributed by atoms with Gasteiger partial charge in [-0.15, -0.1) is 11.3 Å². The number of aryl methyl sites for hydroxylation is 1. The summed E-state index contributed by atoms with van der Waals surface area (Å²) in [5, 5.41) is 5.79. The molecule has 0 aliphatic heterocycles. The molecule has 2 heterocycles. The summed E-state index contributed by atoms with van der Waals surface area (Å²) >= 11 is 8.67. The van der Waals surface area contributed by atoms with Gasteiger partial charge >= 0.3 is 0 Å². The van der Waals surface area contributed by atoms with Crippen molar-refractivity contribution in [3.05, 3.63) is 68.8 Å². The molecule has 2 aromatic heterocycles. The van der Waals surface area contributed by atoms with E-state index in [0.29, 0.717) is 38.4 Å². The van der Waals surface area contributed by atoms with E-state index in [1.807, 2.05) is 43.5 Å². The van der Waals surface area contributed by atoms with Gasteiger partial charge in [0, 0.05) is 22.5 Å². The van der Waals surface area contributed by atoms with Gasteiger partial charge in [-0.3, -0.25) is 14.2 Å². The van der Waals surface area contributed by atoms with Crippen molar-refractivity contribution in [3.8, 4) is 16.9 Å². The summed E-state index contributed by atoms with van der Waals surface area (Å²) in [4.78, 5) is 30.6. The molecule has 0 saturated carbocycles. The van der Waals surface area contributed by atoms with E-state index in [9.17, 15) is 9.59 Å². The lowest BCUT2D eigenvalue weighted by Crippen LogP contribution is -2.23. The Bertz CT molecular complexity index is 1380. The molecule has 0 bridgehead atoms. The zero-order chi connectivity index (χ0) is 23.5. The number of amides is 1. The van der Waals surface area contributed by atoms with Gasteiger partial charge in [0.1, 0.15) is 10.4 Å². The van der Waals surface area contributed by atoms with Crippen LogP contribution in [0.25, 0.3) is 21.3 Å². The zero-order valence-electron chi connectivity index (χ0n) is 18.3. The van der Waals surface area contributed by atoms with E-state index in [1.54, 1.807) is 22.8 Å². The SMILES string of the molecule is CCn1c(SCC(=O)Nc2cc(Cl)ccc2OC)nc2c(-c3ccc(C)cc3)csc2c1=O. The third-order valence-corrected chi connectivity index (χ3v) is 7.26. The molecule has 2 aromatic carbocycles. The van der Waals surface area contributed by atoms with Crippen LogP contribution < -0.4 is 15.6 Å². The molecule has 33 heavy (non-hydrogen) atoms. The van der Waals surface area contributed by atoms with Crippen LogP contribution in [-0.2, 0) is 11.3 Å². The number of carbonyl (C=O) groups is 1. The summed E-state index contributed by atoms with van der Waals surface area (Å²) in [5.74, 6) is 0.350. The Hall–Kier alpha value is -2.81. The van der Waals surface area contributed by atoms with Gasteiger partial charge in [0.05, 0.1) is 24.1 Å². The minimum atomic E-state index is -0.248. The van der Waals surface area contributed by atoms with Crippen molar-refractivity contribution in [1.82, 2.24) is 9.55 Å². The first-order valence-electron chi connectivity index (χ1n) is 10.3. The fourth-order valence-corrected chi connectivity index (χ4v) is 5.39. The number of hydrogen-bond donors (Lipinski definition) is 1. The number of aromatic nitrogens is 2. The molecule has 4 rings (SSSR count). The van der Waals surface area contributed by atoms with Gasteiger partial charge in [-0.05, 0) is 37.6 Å². The summed E-state index contributed by atoms with van der Waals surface area (Å²) in [6.07, 6.45) is 0. The summed E-state index contributed by atoms with van der Waals surface area (Å²) in [7, 11) is 1.53. The summed E-state index contributed by atoms with van der Waals surface area (Å²) in [5.41, 5.74) is 4.16. The smallest absolute Gasteiger partial charge is 0.272 e. The van der Waals surface area contributed by atoms with Gasteiger partial charge in [0.25, 0.3) is 5.56 Å². The lowest BCUT2D eigenvalue weighted by Gasteiger charge is -2.12. The van der Waals surface area contributed by atoms with Gasteiger partial charge in [-0.1, -0.05) is 53.2 Å². The first kappa shape index (κ1) is 23.4. The van der Waals surface area contributed by atoms with Crippen molar-refractivity contribution >= 4 is 56.5 Å². The molecule has 0 atom stereocenters. The second-order valence-corrected chi connectivity index (χ2v) is 9.58. The number of thioether (sulfide) groups is 1. The number of thiophene rings is 1. The fraction of sp³-hybridized carbons (Fsp3) is 0.208. The largest absolute Gasteiger partial charge is 0.495 e. The number of carbonyl (C=O) groups excluding carboxylic acids is 1. The van der Waals surface area contributed by atoms with Crippen LogP contribution in [0.2, 0.25) is 5.02 Å².